The maximum atomic E-state index is 12.7. The maximum Gasteiger partial charge on any atom is 0.323 e. The monoisotopic (exact) mass is 607 g/mol. The molecule has 1 fully saturated rings. The third-order valence-corrected chi connectivity index (χ3v) is 8.59. The number of esters is 1. The SMILES string of the molecule is CCN(N)c1ncnc2c1ncn2C(C)CC(COP(NC(C)C(=O)OC1CCCC1)Oc1ccc(Cl)cc1)OC. The van der Waals surface area contributed by atoms with Gasteiger partial charge in [0.15, 0.2) is 17.0 Å². The topological polar surface area (TPSA) is 139 Å². The van der Waals surface area contributed by atoms with Crippen LogP contribution in [-0.2, 0) is 18.8 Å². The van der Waals surface area contributed by atoms with Gasteiger partial charge in [-0.25, -0.2) is 25.9 Å². The predicted molar refractivity (Wildman–Crippen MR) is 159 cm³/mol. The molecule has 4 atom stereocenters. The summed E-state index contributed by atoms with van der Waals surface area (Å²) >= 11 is 6.04. The molecule has 4 rings (SSSR count). The fourth-order valence-corrected chi connectivity index (χ4v) is 5.91. The highest BCUT2D eigenvalue weighted by molar-refractivity contribution is 7.45. The van der Waals surface area contributed by atoms with Crippen molar-refractivity contribution >= 4 is 43.1 Å². The molecule has 1 aliphatic rings. The zero-order chi connectivity index (χ0) is 29.4. The third-order valence-electron chi connectivity index (χ3n) is 6.98. The van der Waals surface area contributed by atoms with Gasteiger partial charge in [0.1, 0.15) is 24.2 Å². The van der Waals surface area contributed by atoms with Crippen LogP contribution in [0.2, 0.25) is 5.02 Å². The molecule has 1 aliphatic carbocycles. The maximum absolute atomic E-state index is 12.7. The number of fused-ring (bicyclic) bond motifs is 1. The van der Waals surface area contributed by atoms with E-state index in [1.807, 2.05) is 11.5 Å². The molecule has 4 unspecified atom stereocenters. The summed E-state index contributed by atoms with van der Waals surface area (Å²) in [4.78, 5) is 26.0. The molecule has 0 aliphatic heterocycles. The van der Waals surface area contributed by atoms with Crippen molar-refractivity contribution in [3.63, 3.8) is 0 Å². The molecule has 1 aromatic carbocycles. The fourth-order valence-electron chi connectivity index (χ4n) is 4.56. The van der Waals surface area contributed by atoms with Crippen molar-refractivity contribution in [1.29, 1.82) is 0 Å². The second kappa shape index (κ2) is 15.0. The van der Waals surface area contributed by atoms with E-state index in [2.05, 4.69) is 27.0 Å². The van der Waals surface area contributed by atoms with Crippen molar-refractivity contribution in [3.8, 4) is 5.75 Å². The number of carbonyl (C=O) groups excluding carboxylic acids is 1. The lowest BCUT2D eigenvalue weighted by atomic mass is 10.1. The van der Waals surface area contributed by atoms with Gasteiger partial charge in [-0.3, -0.25) is 9.80 Å². The number of anilines is 1. The molecule has 0 saturated heterocycles. The molecule has 2 aromatic heterocycles. The predicted octanol–water partition coefficient (Wildman–Crippen LogP) is 4.93. The van der Waals surface area contributed by atoms with Crippen LogP contribution in [0.5, 0.6) is 5.75 Å². The summed E-state index contributed by atoms with van der Waals surface area (Å²) in [5, 5.41) is 5.30. The standard InChI is InChI=1S/C27H39ClN7O5P/c1-5-35(29)26-24-25(30-16-31-26)34(17-32-24)18(2)14-23(37-4)15-38-41(40-22-12-10-20(28)11-13-22)33-19(3)27(36)39-21-8-6-7-9-21/h10-13,16-19,21,23,33H,5-9,14-15,29H2,1-4H3. The molecular weight excluding hydrogens is 569 g/mol. The van der Waals surface area contributed by atoms with Crippen molar-refractivity contribution in [2.24, 2.45) is 5.84 Å². The van der Waals surface area contributed by atoms with E-state index in [1.165, 1.54) is 6.33 Å². The molecule has 0 amide bonds. The molecule has 14 heteroatoms. The minimum Gasteiger partial charge on any atom is -0.461 e. The molecular formula is C27H39ClN7O5P. The summed E-state index contributed by atoms with van der Waals surface area (Å²) in [6.45, 7) is 6.55. The van der Waals surface area contributed by atoms with Gasteiger partial charge >= 0.3 is 14.5 Å². The van der Waals surface area contributed by atoms with Crippen LogP contribution in [-0.4, -0.2) is 64.0 Å². The quantitative estimate of drug-likeness (QED) is 0.105. The first kappa shape index (κ1) is 31.3. The van der Waals surface area contributed by atoms with Gasteiger partial charge in [0.25, 0.3) is 0 Å². The number of benzene rings is 1. The van der Waals surface area contributed by atoms with Crippen LogP contribution in [0.25, 0.3) is 11.2 Å². The van der Waals surface area contributed by atoms with Crippen molar-refractivity contribution in [2.75, 3.05) is 25.3 Å². The molecule has 0 spiro atoms. The molecule has 1 saturated carbocycles. The highest BCUT2D eigenvalue weighted by atomic mass is 35.5. The fraction of sp³-hybridized carbons (Fsp3) is 0.556. The number of hydrogen-bond donors (Lipinski definition) is 2. The number of nitrogens with one attached hydrogen (secondary N) is 1. The molecule has 2 heterocycles. The van der Waals surface area contributed by atoms with Crippen molar-refractivity contribution in [3.05, 3.63) is 41.9 Å². The van der Waals surface area contributed by atoms with Gasteiger partial charge in [-0.2, -0.15) is 0 Å². The van der Waals surface area contributed by atoms with Gasteiger partial charge in [-0.05, 0) is 77.1 Å². The van der Waals surface area contributed by atoms with Crippen LogP contribution >= 0.6 is 20.1 Å². The number of hydrogen-bond acceptors (Lipinski definition) is 11. The number of nitrogens with zero attached hydrogens (tertiary/aromatic N) is 5. The van der Waals surface area contributed by atoms with E-state index in [1.54, 1.807) is 49.6 Å². The summed E-state index contributed by atoms with van der Waals surface area (Å²) < 4.78 is 25.7. The number of halogens is 1. The molecule has 0 bridgehead atoms. The molecule has 3 N–H and O–H groups in total. The number of aromatic nitrogens is 4. The Bertz CT molecular complexity index is 1260. The third kappa shape index (κ3) is 8.47. The second-order valence-electron chi connectivity index (χ2n) is 10.0. The first-order valence-corrected chi connectivity index (χ1v) is 15.4. The van der Waals surface area contributed by atoms with Crippen molar-refractivity contribution in [1.82, 2.24) is 24.6 Å². The highest BCUT2D eigenvalue weighted by Gasteiger charge is 2.28. The average Bonchev–Trinajstić information content (AvgIpc) is 3.65. The van der Waals surface area contributed by atoms with E-state index in [0.29, 0.717) is 40.7 Å². The van der Waals surface area contributed by atoms with E-state index in [-0.39, 0.29) is 30.8 Å². The smallest absolute Gasteiger partial charge is 0.323 e. The van der Waals surface area contributed by atoms with Crippen LogP contribution in [0, 0.1) is 0 Å². The lowest BCUT2D eigenvalue weighted by Gasteiger charge is -2.26. The molecule has 12 nitrogen and oxygen atoms in total. The second-order valence-corrected chi connectivity index (χ2v) is 11.7. The zero-order valence-electron chi connectivity index (χ0n) is 23.9. The van der Waals surface area contributed by atoms with Gasteiger partial charge in [-0.15, -0.1) is 0 Å². The van der Waals surface area contributed by atoms with Crippen LogP contribution in [0.3, 0.4) is 0 Å². The number of carbonyl (C=O) groups is 1. The van der Waals surface area contributed by atoms with Crippen LogP contribution in [0.15, 0.2) is 36.9 Å². The van der Waals surface area contributed by atoms with Gasteiger partial charge in [0.05, 0.1) is 19.0 Å². The van der Waals surface area contributed by atoms with Crippen LogP contribution in [0.1, 0.15) is 58.9 Å². The van der Waals surface area contributed by atoms with Gasteiger partial charge in [0.2, 0.25) is 0 Å². The lowest BCUT2D eigenvalue weighted by Crippen LogP contribution is -2.35. The van der Waals surface area contributed by atoms with Crippen molar-refractivity contribution in [2.45, 2.75) is 77.2 Å². The Hall–Kier alpha value is -2.60. The molecule has 3 aromatic rings. The Kier molecular flexibility index (Phi) is 11.5. The van der Waals surface area contributed by atoms with E-state index in [4.69, 9.17) is 36.0 Å². The largest absolute Gasteiger partial charge is 0.461 e. The van der Waals surface area contributed by atoms with Gasteiger partial charge < -0.3 is 23.1 Å². The molecule has 224 valence electrons. The van der Waals surface area contributed by atoms with Gasteiger partial charge in [-0.1, -0.05) is 11.6 Å². The minimum absolute atomic E-state index is 0.0223. The summed E-state index contributed by atoms with van der Waals surface area (Å²) in [6.07, 6.45) is 7.49. The zero-order valence-corrected chi connectivity index (χ0v) is 25.6. The van der Waals surface area contributed by atoms with Crippen LogP contribution in [0.4, 0.5) is 5.82 Å². The van der Waals surface area contributed by atoms with E-state index >= 15 is 0 Å². The number of rotatable bonds is 15. The lowest BCUT2D eigenvalue weighted by molar-refractivity contribution is -0.150. The van der Waals surface area contributed by atoms with E-state index < -0.39 is 14.6 Å². The van der Waals surface area contributed by atoms with Gasteiger partial charge in [0, 0.05) is 24.7 Å². The Balaban J connectivity index is 1.41. The average molecular weight is 608 g/mol. The Morgan fingerprint density at radius 1 is 1.22 bits per heavy atom. The number of methoxy groups -OCH3 is 1. The number of ether oxygens (including phenoxy) is 2. The normalized spacial score (nSPS) is 16.8. The Labute approximate surface area is 246 Å². The summed E-state index contributed by atoms with van der Waals surface area (Å²) in [5.74, 6) is 6.89. The van der Waals surface area contributed by atoms with E-state index in [0.717, 1.165) is 25.7 Å². The van der Waals surface area contributed by atoms with Crippen LogP contribution < -0.4 is 20.5 Å². The van der Waals surface area contributed by atoms with Crippen molar-refractivity contribution < 1.29 is 23.3 Å². The highest BCUT2D eigenvalue weighted by Crippen LogP contribution is 2.37. The minimum atomic E-state index is -1.72. The molecule has 0 radical (unpaired) electrons. The molecule has 41 heavy (non-hydrogen) atoms. The van der Waals surface area contributed by atoms with E-state index in [9.17, 15) is 4.79 Å². The number of nitrogens with two attached hydrogens (primary N) is 1. The first-order chi connectivity index (χ1) is 19.8. The Morgan fingerprint density at radius 3 is 2.63 bits per heavy atom. The number of hydrazine groups is 1. The summed E-state index contributed by atoms with van der Waals surface area (Å²) in [5.41, 5.74) is 1.32. The Morgan fingerprint density at radius 2 is 1.95 bits per heavy atom. The first-order valence-electron chi connectivity index (χ1n) is 13.8. The number of imidazole rings is 1. The summed E-state index contributed by atoms with van der Waals surface area (Å²) in [6, 6.07) is 6.32. The summed E-state index contributed by atoms with van der Waals surface area (Å²) in [7, 11) is -0.0827.